The van der Waals surface area contributed by atoms with Crippen LogP contribution >= 0.6 is 0 Å². The van der Waals surface area contributed by atoms with Crippen LogP contribution in [0.15, 0.2) is 47.1 Å². The van der Waals surface area contributed by atoms with E-state index in [4.69, 9.17) is 9.47 Å². The third-order valence-corrected chi connectivity index (χ3v) is 4.64. The highest BCUT2D eigenvalue weighted by molar-refractivity contribution is 5.47. The fourth-order valence-corrected chi connectivity index (χ4v) is 2.93. The second kappa shape index (κ2) is 11.6. The molecule has 0 N–H and O–H groups in total. The summed E-state index contributed by atoms with van der Waals surface area (Å²) in [7, 11) is 3.41. The first-order chi connectivity index (χ1) is 12.4. The Morgan fingerprint density at radius 2 is 1.46 bits per heavy atom. The molecule has 0 heterocycles. The first kappa shape index (κ1) is 22.1. The fourth-order valence-electron chi connectivity index (χ4n) is 2.93. The molecular weight excluding hydrogens is 320 g/mol. The Labute approximate surface area is 160 Å². The van der Waals surface area contributed by atoms with Gasteiger partial charge in [0, 0.05) is 11.6 Å². The van der Waals surface area contributed by atoms with Crippen molar-refractivity contribution >= 4 is 0 Å². The number of ether oxygens (including phenoxy) is 2. The van der Waals surface area contributed by atoms with Crippen molar-refractivity contribution in [2.75, 3.05) is 14.2 Å². The Hall–Kier alpha value is -1.96. The molecule has 1 rings (SSSR count). The summed E-state index contributed by atoms with van der Waals surface area (Å²) >= 11 is 0. The van der Waals surface area contributed by atoms with Crippen molar-refractivity contribution in [3.8, 4) is 11.5 Å². The molecule has 0 saturated heterocycles. The lowest BCUT2D eigenvalue weighted by Crippen LogP contribution is -1.96. The van der Waals surface area contributed by atoms with Crippen LogP contribution in [0.4, 0.5) is 0 Å². The zero-order valence-electron chi connectivity index (χ0n) is 17.7. The van der Waals surface area contributed by atoms with Gasteiger partial charge in [-0.15, -0.1) is 0 Å². The van der Waals surface area contributed by atoms with Gasteiger partial charge < -0.3 is 9.47 Å². The highest BCUT2D eigenvalue weighted by Gasteiger charge is 2.08. The Morgan fingerprint density at radius 1 is 0.846 bits per heavy atom. The van der Waals surface area contributed by atoms with Gasteiger partial charge in [-0.05, 0) is 78.4 Å². The molecular formula is C24H36O2. The summed E-state index contributed by atoms with van der Waals surface area (Å²) in [6, 6.07) is 4.03. The van der Waals surface area contributed by atoms with Crippen LogP contribution in [0.5, 0.6) is 11.5 Å². The predicted molar refractivity (Wildman–Crippen MR) is 113 cm³/mol. The van der Waals surface area contributed by atoms with E-state index in [1.807, 2.05) is 6.07 Å². The van der Waals surface area contributed by atoms with Crippen molar-refractivity contribution in [2.24, 2.45) is 0 Å². The fraction of sp³-hybridized carbons (Fsp3) is 0.500. The lowest BCUT2D eigenvalue weighted by atomic mass is 10.0. The van der Waals surface area contributed by atoms with E-state index < -0.39 is 0 Å². The minimum atomic E-state index is 0.845. The second-order valence-corrected chi connectivity index (χ2v) is 7.29. The van der Waals surface area contributed by atoms with Gasteiger partial charge in [-0.25, -0.2) is 0 Å². The molecule has 0 bridgehead atoms. The van der Waals surface area contributed by atoms with Gasteiger partial charge in [0.2, 0.25) is 0 Å². The van der Waals surface area contributed by atoms with E-state index >= 15 is 0 Å². The Morgan fingerprint density at radius 3 is 2.04 bits per heavy atom. The van der Waals surface area contributed by atoms with Gasteiger partial charge in [-0.1, -0.05) is 34.9 Å². The van der Waals surface area contributed by atoms with E-state index in [9.17, 15) is 0 Å². The van der Waals surface area contributed by atoms with Crippen LogP contribution in [0.1, 0.15) is 64.5 Å². The molecule has 2 heteroatoms. The van der Waals surface area contributed by atoms with E-state index in [1.54, 1.807) is 14.2 Å². The average Bonchev–Trinajstić information content (AvgIpc) is 2.59. The van der Waals surface area contributed by atoms with Gasteiger partial charge in [-0.3, -0.25) is 0 Å². The summed E-state index contributed by atoms with van der Waals surface area (Å²) in [6.07, 6.45) is 12.5. The molecule has 0 saturated carbocycles. The zero-order valence-corrected chi connectivity index (χ0v) is 17.7. The van der Waals surface area contributed by atoms with E-state index in [1.165, 1.54) is 27.8 Å². The number of benzene rings is 1. The largest absolute Gasteiger partial charge is 0.497 e. The van der Waals surface area contributed by atoms with Gasteiger partial charge in [0.15, 0.2) is 0 Å². The van der Waals surface area contributed by atoms with E-state index in [0.29, 0.717) is 0 Å². The van der Waals surface area contributed by atoms with Crippen molar-refractivity contribution < 1.29 is 9.47 Å². The van der Waals surface area contributed by atoms with Gasteiger partial charge >= 0.3 is 0 Å². The number of rotatable bonds is 10. The molecule has 0 aliphatic rings. The number of aryl methyl sites for hydroxylation is 1. The maximum Gasteiger partial charge on any atom is 0.126 e. The van der Waals surface area contributed by atoms with Crippen molar-refractivity contribution in [1.29, 1.82) is 0 Å². The maximum absolute atomic E-state index is 5.54. The number of methoxy groups -OCH3 is 2. The molecule has 0 aliphatic heterocycles. The van der Waals surface area contributed by atoms with Gasteiger partial charge in [0.05, 0.1) is 14.2 Å². The summed E-state index contributed by atoms with van der Waals surface area (Å²) in [5.74, 6) is 1.75. The van der Waals surface area contributed by atoms with Crippen molar-refractivity contribution in [1.82, 2.24) is 0 Å². The zero-order chi connectivity index (χ0) is 19.5. The monoisotopic (exact) mass is 356 g/mol. The quantitative estimate of drug-likeness (QED) is 0.421. The van der Waals surface area contributed by atoms with Crippen LogP contribution in [0.25, 0.3) is 0 Å². The van der Waals surface area contributed by atoms with Crippen molar-refractivity contribution in [3.05, 3.63) is 58.2 Å². The molecule has 0 atom stereocenters. The maximum atomic E-state index is 5.54. The Kier molecular flexibility index (Phi) is 9.87. The molecule has 2 nitrogen and oxygen atoms in total. The normalized spacial score (nSPS) is 12.1. The van der Waals surface area contributed by atoms with E-state index in [0.717, 1.165) is 43.6 Å². The smallest absolute Gasteiger partial charge is 0.126 e. The molecule has 0 aromatic heterocycles. The summed E-state index contributed by atoms with van der Waals surface area (Å²) in [5.41, 5.74) is 6.76. The van der Waals surface area contributed by atoms with Gasteiger partial charge in [-0.2, -0.15) is 0 Å². The van der Waals surface area contributed by atoms with Crippen molar-refractivity contribution in [2.45, 2.75) is 66.7 Å². The first-order valence-corrected chi connectivity index (χ1v) is 9.53. The lowest BCUT2D eigenvalue weighted by molar-refractivity contribution is 0.391. The van der Waals surface area contributed by atoms with Crippen LogP contribution < -0.4 is 9.47 Å². The molecule has 0 aliphatic carbocycles. The summed E-state index contributed by atoms with van der Waals surface area (Å²) in [4.78, 5) is 0. The Bertz CT molecular complexity index is 659. The minimum Gasteiger partial charge on any atom is -0.497 e. The molecule has 0 fully saturated rings. The third kappa shape index (κ3) is 7.95. The number of allylic oxidation sites excluding steroid dienone is 6. The van der Waals surface area contributed by atoms with Crippen LogP contribution in [0, 0.1) is 6.92 Å². The van der Waals surface area contributed by atoms with Crippen LogP contribution in [0.3, 0.4) is 0 Å². The van der Waals surface area contributed by atoms with Gasteiger partial charge in [0.25, 0.3) is 0 Å². The summed E-state index contributed by atoms with van der Waals surface area (Å²) in [5, 5.41) is 0. The standard InChI is InChI=1S/C24H36O2/c1-18(2)10-8-11-19(3)12-9-13-20(4)14-15-23-21(5)16-22(25-6)17-24(23)26-7/h10,12,14,16-17H,8-9,11,13,15H2,1-7H3. The molecule has 0 radical (unpaired) electrons. The molecule has 144 valence electrons. The molecule has 1 aromatic rings. The molecule has 0 spiro atoms. The first-order valence-electron chi connectivity index (χ1n) is 9.53. The molecule has 0 unspecified atom stereocenters. The second-order valence-electron chi connectivity index (χ2n) is 7.29. The highest BCUT2D eigenvalue weighted by atomic mass is 16.5. The number of hydrogen-bond donors (Lipinski definition) is 0. The lowest BCUT2D eigenvalue weighted by Gasteiger charge is -2.13. The Balaban J connectivity index is 2.60. The van der Waals surface area contributed by atoms with E-state index in [-0.39, 0.29) is 0 Å². The van der Waals surface area contributed by atoms with Crippen LogP contribution in [0.2, 0.25) is 0 Å². The van der Waals surface area contributed by atoms with E-state index in [2.05, 4.69) is 58.9 Å². The highest BCUT2D eigenvalue weighted by Crippen LogP contribution is 2.29. The van der Waals surface area contributed by atoms with Crippen LogP contribution in [-0.2, 0) is 6.42 Å². The van der Waals surface area contributed by atoms with Crippen molar-refractivity contribution in [3.63, 3.8) is 0 Å². The number of hydrogen-bond acceptors (Lipinski definition) is 2. The van der Waals surface area contributed by atoms with Crippen LogP contribution in [-0.4, -0.2) is 14.2 Å². The predicted octanol–water partition coefficient (Wildman–Crippen LogP) is 6.97. The van der Waals surface area contributed by atoms with Gasteiger partial charge in [0.1, 0.15) is 11.5 Å². The minimum absolute atomic E-state index is 0.845. The average molecular weight is 357 g/mol. The SMILES string of the molecule is COc1cc(C)c(CC=C(C)CCC=C(C)CCC=C(C)C)c(OC)c1. The molecule has 0 amide bonds. The topological polar surface area (TPSA) is 18.5 Å². The third-order valence-electron chi connectivity index (χ3n) is 4.64. The summed E-state index contributed by atoms with van der Waals surface area (Å²) < 4.78 is 10.9. The summed E-state index contributed by atoms with van der Waals surface area (Å²) in [6.45, 7) is 10.9. The molecule has 26 heavy (non-hydrogen) atoms. The molecule has 1 aromatic carbocycles.